The first-order valence-electron chi connectivity index (χ1n) is 7.63. The largest absolute Gasteiger partial charge is 0.314 e. The van der Waals surface area contributed by atoms with E-state index < -0.39 is 0 Å². The number of nitrogens with one attached hydrogen (secondary N) is 1. The van der Waals surface area contributed by atoms with Gasteiger partial charge in [0.1, 0.15) is 0 Å². The smallest absolute Gasteiger partial charge is 0.00669 e. The lowest BCUT2D eigenvalue weighted by Gasteiger charge is -2.22. The number of nitrogens with zero attached hydrogens (tertiary/aromatic N) is 1. The molecule has 2 heteroatoms. The Morgan fingerprint density at radius 1 is 1.00 bits per heavy atom. The van der Waals surface area contributed by atoms with E-state index in [9.17, 15) is 0 Å². The zero-order valence-electron chi connectivity index (χ0n) is 12.8. The Hall–Kier alpha value is -0.0800. The van der Waals surface area contributed by atoms with Crippen molar-refractivity contribution in [3.05, 3.63) is 0 Å². The van der Waals surface area contributed by atoms with Gasteiger partial charge in [-0.15, -0.1) is 0 Å². The van der Waals surface area contributed by atoms with Gasteiger partial charge in [0.05, 0.1) is 0 Å². The Bertz CT molecular complexity index is 155. The summed E-state index contributed by atoms with van der Waals surface area (Å²) in [5.74, 6) is 0.857. The SMILES string of the molecule is CCC(C)CC(CC)NCCCN(CC)CC. The Balaban J connectivity index is 3.62. The molecule has 2 unspecified atom stereocenters. The van der Waals surface area contributed by atoms with Gasteiger partial charge in [-0.2, -0.15) is 0 Å². The third-order valence-electron chi connectivity index (χ3n) is 3.86. The lowest BCUT2D eigenvalue weighted by atomic mass is 9.98. The standard InChI is InChI=1S/C15H34N2/c1-6-14(5)13-15(7-2)16-11-10-12-17(8-3)9-4/h14-16H,6-13H2,1-5H3. The third kappa shape index (κ3) is 8.62. The molecule has 0 saturated carbocycles. The lowest BCUT2D eigenvalue weighted by Crippen LogP contribution is -2.33. The van der Waals surface area contributed by atoms with E-state index in [1.807, 2.05) is 0 Å². The molecule has 0 radical (unpaired) electrons. The van der Waals surface area contributed by atoms with Gasteiger partial charge in [0, 0.05) is 6.04 Å². The van der Waals surface area contributed by atoms with Crippen LogP contribution in [0.2, 0.25) is 0 Å². The van der Waals surface area contributed by atoms with E-state index in [2.05, 4.69) is 44.8 Å². The lowest BCUT2D eigenvalue weighted by molar-refractivity contribution is 0.291. The zero-order chi connectivity index (χ0) is 13.1. The average Bonchev–Trinajstić information content (AvgIpc) is 2.37. The van der Waals surface area contributed by atoms with Gasteiger partial charge in [0.15, 0.2) is 0 Å². The molecular weight excluding hydrogens is 208 g/mol. The van der Waals surface area contributed by atoms with Gasteiger partial charge < -0.3 is 10.2 Å². The molecule has 0 fully saturated rings. The molecule has 0 rings (SSSR count). The van der Waals surface area contributed by atoms with Crippen LogP contribution in [0.5, 0.6) is 0 Å². The van der Waals surface area contributed by atoms with Crippen molar-refractivity contribution < 1.29 is 0 Å². The molecule has 0 aromatic heterocycles. The quantitative estimate of drug-likeness (QED) is 0.558. The van der Waals surface area contributed by atoms with Crippen molar-refractivity contribution in [3.8, 4) is 0 Å². The predicted octanol–water partition coefficient (Wildman–Crippen LogP) is 3.52. The van der Waals surface area contributed by atoms with Crippen LogP contribution in [0.15, 0.2) is 0 Å². The van der Waals surface area contributed by atoms with Gasteiger partial charge in [-0.05, 0) is 51.4 Å². The summed E-state index contributed by atoms with van der Waals surface area (Å²) in [7, 11) is 0. The summed E-state index contributed by atoms with van der Waals surface area (Å²) in [6.45, 7) is 16.2. The molecule has 0 aliphatic heterocycles. The second-order valence-electron chi connectivity index (χ2n) is 5.19. The molecule has 17 heavy (non-hydrogen) atoms. The van der Waals surface area contributed by atoms with Crippen LogP contribution in [-0.4, -0.2) is 37.1 Å². The Kier molecular flexibility index (Phi) is 11.0. The van der Waals surface area contributed by atoms with E-state index in [1.54, 1.807) is 0 Å². The fourth-order valence-corrected chi connectivity index (χ4v) is 2.20. The maximum absolute atomic E-state index is 3.71. The summed E-state index contributed by atoms with van der Waals surface area (Å²) in [6.07, 6.45) is 5.17. The first-order valence-corrected chi connectivity index (χ1v) is 7.63. The summed E-state index contributed by atoms with van der Waals surface area (Å²) in [4.78, 5) is 2.50. The average molecular weight is 242 g/mol. The van der Waals surface area contributed by atoms with Gasteiger partial charge in [-0.1, -0.05) is 41.0 Å². The van der Waals surface area contributed by atoms with Gasteiger partial charge in [-0.25, -0.2) is 0 Å². The van der Waals surface area contributed by atoms with Crippen LogP contribution >= 0.6 is 0 Å². The molecule has 0 aliphatic rings. The molecule has 2 atom stereocenters. The van der Waals surface area contributed by atoms with Crippen molar-refractivity contribution in [2.75, 3.05) is 26.2 Å². The molecule has 0 bridgehead atoms. The zero-order valence-corrected chi connectivity index (χ0v) is 12.8. The monoisotopic (exact) mass is 242 g/mol. The van der Waals surface area contributed by atoms with Crippen LogP contribution in [0.25, 0.3) is 0 Å². The van der Waals surface area contributed by atoms with Crippen LogP contribution in [0, 0.1) is 5.92 Å². The van der Waals surface area contributed by atoms with E-state index >= 15 is 0 Å². The Morgan fingerprint density at radius 3 is 2.12 bits per heavy atom. The first-order chi connectivity index (χ1) is 8.17. The molecule has 0 saturated heterocycles. The molecule has 0 aliphatic carbocycles. The van der Waals surface area contributed by atoms with E-state index in [4.69, 9.17) is 0 Å². The first kappa shape index (κ1) is 16.9. The highest BCUT2D eigenvalue weighted by Gasteiger charge is 2.09. The van der Waals surface area contributed by atoms with Crippen molar-refractivity contribution in [1.82, 2.24) is 10.2 Å². The molecule has 2 nitrogen and oxygen atoms in total. The number of rotatable bonds is 11. The van der Waals surface area contributed by atoms with Gasteiger partial charge >= 0.3 is 0 Å². The van der Waals surface area contributed by atoms with Gasteiger partial charge in [0.2, 0.25) is 0 Å². The number of hydrogen-bond donors (Lipinski definition) is 1. The fourth-order valence-electron chi connectivity index (χ4n) is 2.20. The van der Waals surface area contributed by atoms with Gasteiger partial charge in [-0.3, -0.25) is 0 Å². The summed E-state index contributed by atoms with van der Waals surface area (Å²) in [6, 6.07) is 0.724. The molecule has 0 aromatic rings. The van der Waals surface area contributed by atoms with Crippen molar-refractivity contribution in [3.63, 3.8) is 0 Å². The molecular formula is C15H34N2. The van der Waals surface area contributed by atoms with E-state index in [0.29, 0.717) is 0 Å². The van der Waals surface area contributed by atoms with Gasteiger partial charge in [0.25, 0.3) is 0 Å². The van der Waals surface area contributed by atoms with Crippen molar-refractivity contribution >= 4 is 0 Å². The normalized spacial score (nSPS) is 15.2. The summed E-state index contributed by atoms with van der Waals surface area (Å²) in [5, 5.41) is 3.71. The van der Waals surface area contributed by atoms with E-state index in [1.165, 1.54) is 51.9 Å². The predicted molar refractivity (Wildman–Crippen MR) is 78.6 cm³/mol. The maximum atomic E-state index is 3.71. The van der Waals surface area contributed by atoms with Crippen LogP contribution < -0.4 is 5.32 Å². The summed E-state index contributed by atoms with van der Waals surface area (Å²) >= 11 is 0. The minimum absolute atomic E-state index is 0.724. The minimum Gasteiger partial charge on any atom is -0.314 e. The van der Waals surface area contributed by atoms with E-state index in [-0.39, 0.29) is 0 Å². The maximum Gasteiger partial charge on any atom is 0.00669 e. The molecule has 0 aromatic carbocycles. The van der Waals surface area contributed by atoms with Crippen molar-refractivity contribution in [2.24, 2.45) is 5.92 Å². The van der Waals surface area contributed by atoms with Crippen LogP contribution in [-0.2, 0) is 0 Å². The molecule has 0 heterocycles. The van der Waals surface area contributed by atoms with Crippen LogP contribution in [0.4, 0.5) is 0 Å². The second kappa shape index (κ2) is 11.0. The molecule has 1 N–H and O–H groups in total. The topological polar surface area (TPSA) is 15.3 Å². The Morgan fingerprint density at radius 2 is 1.65 bits per heavy atom. The summed E-state index contributed by atoms with van der Waals surface area (Å²) in [5.41, 5.74) is 0. The van der Waals surface area contributed by atoms with E-state index in [0.717, 1.165) is 12.0 Å². The Labute approximate surface area is 109 Å². The van der Waals surface area contributed by atoms with Crippen molar-refractivity contribution in [1.29, 1.82) is 0 Å². The second-order valence-corrected chi connectivity index (χ2v) is 5.19. The molecule has 0 spiro atoms. The van der Waals surface area contributed by atoms with Crippen molar-refractivity contribution in [2.45, 2.75) is 66.3 Å². The van der Waals surface area contributed by atoms with Crippen LogP contribution in [0.3, 0.4) is 0 Å². The third-order valence-corrected chi connectivity index (χ3v) is 3.86. The number of hydrogen-bond acceptors (Lipinski definition) is 2. The minimum atomic E-state index is 0.724. The fraction of sp³-hybridized carbons (Fsp3) is 1.00. The molecule has 104 valence electrons. The highest BCUT2D eigenvalue weighted by atomic mass is 15.1. The molecule has 0 amide bonds. The summed E-state index contributed by atoms with van der Waals surface area (Å²) < 4.78 is 0. The van der Waals surface area contributed by atoms with Crippen LogP contribution in [0.1, 0.15) is 60.3 Å². The highest BCUT2D eigenvalue weighted by Crippen LogP contribution is 2.11. The highest BCUT2D eigenvalue weighted by molar-refractivity contribution is 4.68.